The molecule has 0 fully saturated rings. The Morgan fingerprint density at radius 3 is 2.69 bits per heavy atom. The van der Waals surface area contributed by atoms with Gasteiger partial charge in [-0.2, -0.15) is 11.8 Å². The third-order valence-corrected chi connectivity index (χ3v) is 5.81. The molecule has 1 rings (SSSR count). The second kappa shape index (κ2) is 5.35. The van der Waals surface area contributed by atoms with Gasteiger partial charge in [0.15, 0.2) is 9.34 Å². The highest BCUT2D eigenvalue weighted by Gasteiger charge is 2.22. The summed E-state index contributed by atoms with van der Waals surface area (Å²) < 4.78 is 26.7. The van der Waals surface area contributed by atoms with Crippen molar-refractivity contribution in [2.45, 2.75) is 24.1 Å². The fraction of sp³-hybridized carbons (Fsp3) is 0.625. The molecular weight excluding hydrogens is 266 g/mol. The summed E-state index contributed by atoms with van der Waals surface area (Å²) in [5, 5.41) is 0.274. The number of hydrogen-bond donors (Lipinski definition) is 2. The molecule has 0 aliphatic heterocycles. The Bertz CT molecular complexity index is 455. The maximum Gasteiger partial charge on any atom is 0.252 e. The lowest BCUT2D eigenvalue weighted by atomic mass is 10.4. The van der Waals surface area contributed by atoms with Gasteiger partial charge in [-0.25, -0.2) is 18.1 Å². The largest absolute Gasteiger partial charge is 0.375 e. The summed E-state index contributed by atoms with van der Waals surface area (Å²) in [4.78, 5) is 3.90. The number of anilines is 1. The summed E-state index contributed by atoms with van der Waals surface area (Å²) in [5.74, 6) is 0.729. The van der Waals surface area contributed by atoms with Crippen LogP contribution in [0.4, 0.5) is 5.13 Å². The molecule has 1 unspecified atom stereocenters. The van der Waals surface area contributed by atoms with Gasteiger partial charge in [-0.15, -0.1) is 0 Å². The third kappa shape index (κ3) is 3.34. The van der Waals surface area contributed by atoms with Gasteiger partial charge < -0.3 is 5.73 Å². The van der Waals surface area contributed by atoms with Crippen LogP contribution >= 0.6 is 23.1 Å². The van der Waals surface area contributed by atoms with Crippen LogP contribution in [0.25, 0.3) is 0 Å². The second-order valence-corrected chi connectivity index (χ2v) is 7.25. The molecule has 0 spiro atoms. The molecule has 1 aromatic rings. The van der Waals surface area contributed by atoms with Crippen molar-refractivity contribution < 1.29 is 8.42 Å². The van der Waals surface area contributed by atoms with Gasteiger partial charge >= 0.3 is 0 Å². The number of nitrogens with zero attached hydrogens (tertiary/aromatic N) is 1. The zero-order valence-corrected chi connectivity index (χ0v) is 11.8. The first kappa shape index (κ1) is 13.8. The van der Waals surface area contributed by atoms with Crippen molar-refractivity contribution in [2.24, 2.45) is 0 Å². The number of aryl methyl sites for hydroxylation is 1. The molecule has 92 valence electrons. The van der Waals surface area contributed by atoms with Crippen molar-refractivity contribution in [1.82, 2.24) is 9.71 Å². The van der Waals surface area contributed by atoms with E-state index in [1.54, 1.807) is 18.7 Å². The van der Waals surface area contributed by atoms with E-state index in [0.717, 1.165) is 17.1 Å². The summed E-state index contributed by atoms with van der Waals surface area (Å²) in [6.07, 6.45) is 1.93. The molecule has 0 saturated heterocycles. The van der Waals surface area contributed by atoms with E-state index in [2.05, 4.69) is 9.71 Å². The van der Waals surface area contributed by atoms with Crippen LogP contribution in [0.5, 0.6) is 0 Å². The first-order valence-electron chi connectivity index (χ1n) is 4.61. The lowest BCUT2D eigenvalue weighted by Crippen LogP contribution is -2.34. The van der Waals surface area contributed by atoms with Crippen LogP contribution in [0.1, 0.15) is 12.6 Å². The number of nitrogens with one attached hydrogen (secondary N) is 1. The molecule has 0 aromatic carbocycles. The van der Waals surface area contributed by atoms with Gasteiger partial charge in [-0.3, -0.25) is 0 Å². The molecule has 1 heterocycles. The molecule has 8 heteroatoms. The quantitative estimate of drug-likeness (QED) is 0.843. The second-order valence-electron chi connectivity index (χ2n) is 3.40. The summed E-state index contributed by atoms with van der Waals surface area (Å²) in [5.41, 5.74) is 5.93. The predicted octanol–water partition coefficient (Wildman–Crippen LogP) is 1.06. The zero-order chi connectivity index (χ0) is 12.3. The van der Waals surface area contributed by atoms with Gasteiger partial charge in [-0.05, 0) is 20.1 Å². The molecule has 5 nitrogen and oxygen atoms in total. The Labute approximate surface area is 104 Å². The molecule has 0 bridgehead atoms. The number of aromatic nitrogens is 1. The SMILES string of the molecule is CSCC(C)NS(=O)(=O)c1sc(N)nc1C. The van der Waals surface area contributed by atoms with Crippen LogP contribution < -0.4 is 10.5 Å². The zero-order valence-electron chi connectivity index (χ0n) is 9.35. The molecule has 0 amide bonds. The third-order valence-electron chi connectivity index (χ3n) is 1.79. The number of thiazole rings is 1. The van der Waals surface area contributed by atoms with Gasteiger partial charge in [-0.1, -0.05) is 11.3 Å². The average molecular weight is 281 g/mol. The number of thioether (sulfide) groups is 1. The van der Waals surface area contributed by atoms with Crippen molar-refractivity contribution >= 4 is 38.3 Å². The van der Waals surface area contributed by atoms with Gasteiger partial charge in [0.05, 0.1) is 5.69 Å². The van der Waals surface area contributed by atoms with E-state index < -0.39 is 10.0 Å². The monoisotopic (exact) mass is 281 g/mol. The molecule has 0 saturated carbocycles. The average Bonchev–Trinajstić information content (AvgIpc) is 2.45. The van der Waals surface area contributed by atoms with Crippen molar-refractivity contribution in [1.29, 1.82) is 0 Å². The maximum absolute atomic E-state index is 11.9. The van der Waals surface area contributed by atoms with E-state index in [1.165, 1.54) is 0 Å². The summed E-state index contributed by atoms with van der Waals surface area (Å²) in [6.45, 7) is 3.47. The maximum atomic E-state index is 11.9. The fourth-order valence-corrected chi connectivity index (χ4v) is 4.50. The van der Waals surface area contributed by atoms with Crippen LogP contribution in [-0.4, -0.2) is 31.5 Å². The summed E-state index contributed by atoms with van der Waals surface area (Å²) in [6, 6.07) is -0.109. The van der Waals surface area contributed by atoms with Gasteiger partial charge in [0.2, 0.25) is 0 Å². The smallest absolute Gasteiger partial charge is 0.252 e. The number of nitrogen functional groups attached to an aromatic ring is 1. The summed E-state index contributed by atoms with van der Waals surface area (Å²) >= 11 is 2.58. The van der Waals surface area contributed by atoms with E-state index in [4.69, 9.17) is 5.73 Å². The molecule has 0 aliphatic carbocycles. The topological polar surface area (TPSA) is 85.1 Å². The van der Waals surface area contributed by atoms with Crippen molar-refractivity contribution in [3.8, 4) is 0 Å². The van der Waals surface area contributed by atoms with Crippen LogP contribution in [0.2, 0.25) is 0 Å². The normalized spacial score (nSPS) is 13.9. The Hall–Kier alpha value is -0.310. The number of nitrogens with two attached hydrogens (primary N) is 1. The first-order valence-corrected chi connectivity index (χ1v) is 8.30. The van der Waals surface area contributed by atoms with Crippen molar-refractivity contribution in [2.75, 3.05) is 17.7 Å². The van der Waals surface area contributed by atoms with E-state index in [1.807, 2.05) is 13.2 Å². The number of rotatable bonds is 5. The number of hydrogen-bond acceptors (Lipinski definition) is 6. The minimum absolute atomic E-state index is 0.109. The van der Waals surface area contributed by atoms with Gasteiger partial charge in [0.25, 0.3) is 10.0 Å². The Balaban J connectivity index is 2.90. The molecule has 0 aliphatic rings. The van der Waals surface area contributed by atoms with Crippen LogP contribution in [0, 0.1) is 6.92 Å². The van der Waals surface area contributed by atoms with Crippen molar-refractivity contribution in [3.63, 3.8) is 0 Å². The highest BCUT2D eigenvalue weighted by molar-refractivity contribution is 7.98. The van der Waals surface area contributed by atoms with E-state index in [0.29, 0.717) is 5.69 Å². The highest BCUT2D eigenvalue weighted by Crippen LogP contribution is 2.24. The molecular formula is C8H15N3O2S3. The molecule has 1 aromatic heterocycles. The lowest BCUT2D eigenvalue weighted by molar-refractivity contribution is 0.572. The van der Waals surface area contributed by atoms with Gasteiger partial charge in [0.1, 0.15) is 0 Å². The van der Waals surface area contributed by atoms with Crippen LogP contribution in [0.15, 0.2) is 4.21 Å². The Kier molecular flexibility index (Phi) is 4.60. The minimum atomic E-state index is -3.48. The molecule has 16 heavy (non-hydrogen) atoms. The van der Waals surface area contributed by atoms with E-state index >= 15 is 0 Å². The first-order chi connectivity index (χ1) is 7.36. The standard InChI is InChI=1S/C8H15N3O2S3/c1-5(4-14-3)11-16(12,13)7-6(2)10-8(9)15-7/h5,11H,4H2,1-3H3,(H2,9,10). The highest BCUT2D eigenvalue weighted by atomic mass is 32.2. The Morgan fingerprint density at radius 2 is 2.25 bits per heavy atom. The van der Waals surface area contributed by atoms with E-state index in [9.17, 15) is 8.42 Å². The lowest BCUT2D eigenvalue weighted by Gasteiger charge is -2.11. The summed E-state index contributed by atoms with van der Waals surface area (Å²) in [7, 11) is -3.48. The number of sulfonamides is 1. The van der Waals surface area contributed by atoms with Gasteiger partial charge in [0, 0.05) is 11.8 Å². The van der Waals surface area contributed by atoms with Crippen molar-refractivity contribution in [3.05, 3.63) is 5.69 Å². The molecule has 3 N–H and O–H groups in total. The van der Waals surface area contributed by atoms with Crippen LogP contribution in [-0.2, 0) is 10.0 Å². The van der Waals surface area contributed by atoms with E-state index in [-0.39, 0.29) is 15.4 Å². The minimum Gasteiger partial charge on any atom is -0.375 e. The predicted molar refractivity (Wildman–Crippen MR) is 69.4 cm³/mol. The van der Waals surface area contributed by atoms with Crippen LogP contribution in [0.3, 0.4) is 0 Å². The Morgan fingerprint density at radius 1 is 1.62 bits per heavy atom. The molecule has 1 atom stereocenters. The fourth-order valence-electron chi connectivity index (χ4n) is 1.25. The molecule has 0 radical (unpaired) electrons.